The van der Waals surface area contributed by atoms with Crippen LogP contribution in [0.2, 0.25) is 0 Å². The Morgan fingerprint density at radius 2 is 2.33 bits per heavy atom. The molecule has 0 aromatic rings. The summed E-state index contributed by atoms with van der Waals surface area (Å²) in [5.41, 5.74) is 5.57. The molecule has 1 amide bonds. The smallest absolute Gasteiger partial charge is 0.222 e. The van der Waals surface area contributed by atoms with Gasteiger partial charge >= 0.3 is 0 Å². The van der Waals surface area contributed by atoms with Gasteiger partial charge in [0.05, 0.1) is 0 Å². The molecule has 3 nitrogen and oxygen atoms in total. The third-order valence-electron chi connectivity index (χ3n) is 2.29. The number of nitrogens with two attached hydrogens (primary N) is 1. The molecule has 70 valence electrons. The van der Waals surface area contributed by atoms with Crippen LogP contribution in [0, 0.1) is 5.92 Å². The highest BCUT2D eigenvalue weighted by Gasteiger charge is 2.29. The molecule has 0 spiro atoms. The molecule has 1 heterocycles. The van der Waals surface area contributed by atoms with E-state index < -0.39 is 0 Å². The average Bonchev–Trinajstić information content (AvgIpc) is 2.32. The first-order chi connectivity index (χ1) is 5.65. The summed E-state index contributed by atoms with van der Waals surface area (Å²) in [6.45, 7) is 5.72. The zero-order valence-electron chi connectivity index (χ0n) is 7.92. The Balaban J connectivity index is 2.52. The molecule has 12 heavy (non-hydrogen) atoms. The standard InChI is InChI=1S/C9H18N2O/c1-7(2)6-11-8(5-10)3-4-9(11)12/h7-8H,3-6,10H2,1-2H3. The lowest BCUT2D eigenvalue weighted by Gasteiger charge is -2.25. The lowest BCUT2D eigenvalue weighted by molar-refractivity contribution is -0.129. The molecule has 0 aliphatic carbocycles. The number of likely N-dealkylation sites (tertiary alicyclic amines) is 1. The Morgan fingerprint density at radius 3 is 2.83 bits per heavy atom. The van der Waals surface area contributed by atoms with Gasteiger partial charge in [-0.3, -0.25) is 4.79 Å². The maximum Gasteiger partial charge on any atom is 0.222 e. The van der Waals surface area contributed by atoms with Gasteiger partial charge in [0.2, 0.25) is 5.91 Å². The summed E-state index contributed by atoms with van der Waals surface area (Å²) in [5.74, 6) is 0.820. The molecule has 0 bridgehead atoms. The normalized spacial score (nSPS) is 24.2. The van der Waals surface area contributed by atoms with E-state index in [9.17, 15) is 4.79 Å². The first-order valence-corrected chi connectivity index (χ1v) is 4.64. The summed E-state index contributed by atoms with van der Waals surface area (Å²) >= 11 is 0. The van der Waals surface area contributed by atoms with E-state index in [-0.39, 0.29) is 5.91 Å². The van der Waals surface area contributed by atoms with Crippen LogP contribution < -0.4 is 5.73 Å². The van der Waals surface area contributed by atoms with E-state index in [2.05, 4.69) is 13.8 Å². The van der Waals surface area contributed by atoms with Gasteiger partial charge in [-0.15, -0.1) is 0 Å². The van der Waals surface area contributed by atoms with E-state index >= 15 is 0 Å². The first-order valence-electron chi connectivity index (χ1n) is 4.64. The van der Waals surface area contributed by atoms with E-state index in [1.165, 1.54) is 0 Å². The van der Waals surface area contributed by atoms with Crippen LogP contribution >= 0.6 is 0 Å². The summed E-state index contributed by atoms with van der Waals surface area (Å²) in [5, 5.41) is 0. The molecule has 3 heteroatoms. The minimum absolute atomic E-state index is 0.277. The van der Waals surface area contributed by atoms with Crippen molar-refractivity contribution in [3.63, 3.8) is 0 Å². The van der Waals surface area contributed by atoms with Gasteiger partial charge in [0, 0.05) is 25.6 Å². The number of nitrogens with zero attached hydrogens (tertiary/aromatic N) is 1. The van der Waals surface area contributed by atoms with Gasteiger partial charge in [-0.05, 0) is 12.3 Å². The average molecular weight is 170 g/mol. The molecule has 1 rings (SSSR count). The van der Waals surface area contributed by atoms with Gasteiger partial charge in [0.1, 0.15) is 0 Å². The highest BCUT2D eigenvalue weighted by atomic mass is 16.2. The number of amides is 1. The minimum atomic E-state index is 0.277. The molecule has 1 atom stereocenters. The fraction of sp³-hybridized carbons (Fsp3) is 0.889. The molecule has 1 saturated heterocycles. The largest absolute Gasteiger partial charge is 0.338 e. The Kier molecular flexibility index (Phi) is 3.09. The van der Waals surface area contributed by atoms with E-state index in [0.29, 0.717) is 24.9 Å². The minimum Gasteiger partial charge on any atom is -0.338 e. The Hall–Kier alpha value is -0.570. The summed E-state index contributed by atoms with van der Waals surface area (Å²) in [4.78, 5) is 13.3. The molecule has 0 aromatic carbocycles. The predicted molar refractivity (Wildman–Crippen MR) is 48.6 cm³/mol. The molecule has 2 N–H and O–H groups in total. The lowest BCUT2D eigenvalue weighted by atomic mass is 10.2. The fourth-order valence-electron chi connectivity index (χ4n) is 1.68. The second-order valence-electron chi connectivity index (χ2n) is 3.87. The van der Waals surface area contributed by atoms with Crippen molar-refractivity contribution in [2.45, 2.75) is 32.7 Å². The van der Waals surface area contributed by atoms with Crippen molar-refractivity contribution in [1.29, 1.82) is 0 Å². The van der Waals surface area contributed by atoms with Crippen molar-refractivity contribution in [2.75, 3.05) is 13.1 Å². The van der Waals surface area contributed by atoms with Crippen molar-refractivity contribution in [3.05, 3.63) is 0 Å². The molecular formula is C9H18N2O. The third-order valence-corrected chi connectivity index (χ3v) is 2.29. The van der Waals surface area contributed by atoms with E-state index in [4.69, 9.17) is 5.73 Å². The number of rotatable bonds is 3. The molecule has 0 saturated carbocycles. The quantitative estimate of drug-likeness (QED) is 0.674. The number of carbonyl (C=O) groups is 1. The Bertz CT molecular complexity index is 168. The SMILES string of the molecule is CC(C)CN1C(=O)CCC1CN. The topological polar surface area (TPSA) is 46.3 Å². The zero-order chi connectivity index (χ0) is 9.14. The molecule has 0 radical (unpaired) electrons. The second-order valence-corrected chi connectivity index (χ2v) is 3.87. The van der Waals surface area contributed by atoms with Crippen LogP contribution in [-0.2, 0) is 4.79 Å². The monoisotopic (exact) mass is 170 g/mol. The highest BCUT2D eigenvalue weighted by molar-refractivity contribution is 5.78. The van der Waals surface area contributed by atoms with Gasteiger partial charge < -0.3 is 10.6 Å². The van der Waals surface area contributed by atoms with Crippen LogP contribution in [0.5, 0.6) is 0 Å². The van der Waals surface area contributed by atoms with Crippen molar-refractivity contribution < 1.29 is 4.79 Å². The zero-order valence-corrected chi connectivity index (χ0v) is 7.92. The number of hydrogen-bond acceptors (Lipinski definition) is 2. The van der Waals surface area contributed by atoms with Gasteiger partial charge in [0.15, 0.2) is 0 Å². The third kappa shape index (κ3) is 1.97. The number of carbonyl (C=O) groups excluding carboxylic acids is 1. The van der Waals surface area contributed by atoms with Crippen LogP contribution in [-0.4, -0.2) is 29.9 Å². The van der Waals surface area contributed by atoms with Crippen LogP contribution in [0.15, 0.2) is 0 Å². The molecule has 1 aliphatic heterocycles. The summed E-state index contributed by atoms with van der Waals surface area (Å²) in [6.07, 6.45) is 1.64. The van der Waals surface area contributed by atoms with Crippen molar-refractivity contribution >= 4 is 5.91 Å². The van der Waals surface area contributed by atoms with Crippen LogP contribution in [0.1, 0.15) is 26.7 Å². The Labute approximate surface area is 73.9 Å². The van der Waals surface area contributed by atoms with Gasteiger partial charge in [-0.1, -0.05) is 13.8 Å². The maximum absolute atomic E-state index is 11.3. The molecule has 0 aromatic heterocycles. The van der Waals surface area contributed by atoms with Crippen molar-refractivity contribution in [1.82, 2.24) is 4.90 Å². The van der Waals surface area contributed by atoms with Gasteiger partial charge in [0.25, 0.3) is 0 Å². The molecule has 1 unspecified atom stereocenters. The van der Waals surface area contributed by atoms with Crippen LogP contribution in [0.4, 0.5) is 0 Å². The highest BCUT2D eigenvalue weighted by Crippen LogP contribution is 2.18. The lowest BCUT2D eigenvalue weighted by Crippen LogP contribution is -2.40. The summed E-state index contributed by atoms with van der Waals surface area (Å²) in [6, 6.07) is 0.305. The molecule has 1 aliphatic rings. The summed E-state index contributed by atoms with van der Waals surface area (Å²) in [7, 11) is 0. The van der Waals surface area contributed by atoms with E-state index in [1.807, 2.05) is 4.90 Å². The van der Waals surface area contributed by atoms with E-state index in [0.717, 1.165) is 13.0 Å². The predicted octanol–water partition coefficient (Wildman–Crippen LogP) is 0.592. The maximum atomic E-state index is 11.3. The molecule has 1 fully saturated rings. The van der Waals surface area contributed by atoms with Gasteiger partial charge in [-0.2, -0.15) is 0 Å². The van der Waals surface area contributed by atoms with Crippen molar-refractivity contribution in [2.24, 2.45) is 11.7 Å². The van der Waals surface area contributed by atoms with E-state index in [1.54, 1.807) is 0 Å². The number of hydrogen-bond donors (Lipinski definition) is 1. The summed E-state index contributed by atoms with van der Waals surface area (Å²) < 4.78 is 0. The van der Waals surface area contributed by atoms with Gasteiger partial charge in [-0.25, -0.2) is 0 Å². The van der Waals surface area contributed by atoms with Crippen LogP contribution in [0.25, 0.3) is 0 Å². The fourth-order valence-corrected chi connectivity index (χ4v) is 1.68. The Morgan fingerprint density at radius 1 is 1.67 bits per heavy atom. The first kappa shape index (κ1) is 9.52. The van der Waals surface area contributed by atoms with Crippen LogP contribution in [0.3, 0.4) is 0 Å². The van der Waals surface area contributed by atoms with Crippen molar-refractivity contribution in [3.8, 4) is 0 Å². The second kappa shape index (κ2) is 3.90. The molecular weight excluding hydrogens is 152 g/mol.